The minimum absolute atomic E-state index is 0.130. The highest BCUT2D eigenvalue weighted by Crippen LogP contribution is 2.30. The number of carbonyl (C=O) groups is 1. The molecule has 4 rings (SSSR count). The average molecular weight is 426 g/mol. The van der Waals surface area contributed by atoms with E-state index in [-0.39, 0.29) is 17.3 Å². The fourth-order valence-corrected chi connectivity index (χ4v) is 3.90. The molecule has 2 aromatic heterocycles. The number of rotatable bonds is 4. The van der Waals surface area contributed by atoms with Gasteiger partial charge in [-0.25, -0.2) is 9.37 Å². The third-order valence-corrected chi connectivity index (χ3v) is 5.15. The molecule has 0 aliphatic carbocycles. The average Bonchev–Trinajstić information content (AvgIpc) is 2.74. The lowest BCUT2D eigenvalue weighted by Gasteiger charge is -2.38. The molecule has 0 radical (unpaired) electrons. The molecule has 2 atom stereocenters. The summed E-state index contributed by atoms with van der Waals surface area (Å²) in [5.74, 6) is -1.48. The van der Waals surface area contributed by atoms with Gasteiger partial charge in [-0.2, -0.15) is 4.98 Å². The van der Waals surface area contributed by atoms with Crippen LogP contribution >= 0.6 is 0 Å². The van der Waals surface area contributed by atoms with Crippen LogP contribution in [0.1, 0.15) is 24.2 Å². The number of aromatic amines is 1. The second-order valence-corrected chi connectivity index (χ2v) is 7.64. The number of nitrogens with zero attached hydrogens (tertiary/aromatic N) is 3. The van der Waals surface area contributed by atoms with Crippen molar-refractivity contribution in [1.29, 1.82) is 0 Å². The third-order valence-electron chi connectivity index (χ3n) is 5.15. The zero-order valence-electron chi connectivity index (χ0n) is 17.4. The van der Waals surface area contributed by atoms with E-state index in [4.69, 9.17) is 4.74 Å². The summed E-state index contributed by atoms with van der Waals surface area (Å²) in [5, 5.41) is 6.80. The van der Waals surface area contributed by atoms with Gasteiger partial charge in [-0.1, -0.05) is 0 Å². The number of pyridine rings is 1. The summed E-state index contributed by atoms with van der Waals surface area (Å²) in [6.07, 6.45) is 2.88. The van der Waals surface area contributed by atoms with Crippen LogP contribution in [0.2, 0.25) is 0 Å². The Kier molecular flexibility index (Phi) is 5.55. The molecule has 0 spiro atoms. The summed E-state index contributed by atoms with van der Waals surface area (Å²) in [5.41, 5.74) is 0.896. The van der Waals surface area contributed by atoms with Crippen molar-refractivity contribution in [2.75, 3.05) is 30.4 Å². The summed E-state index contributed by atoms with van der Waals surface area (Å²) >= 11 is 0. The first-order valence-corrected chi connectivity index (χ1v) is 9.90. The van der Waals surface area contributed by atoms with Crippen molar-refractivity contribution in [3.63, 3.8) is 0 Å². The van der Waals surface area contributed by atoms with Gasteiger partial charge in [0.2, 0.25) is 0 Å². The van der Waals surface area contributed by atoms with Crippen LogP contribution in [-0.4, -0.2) is 53.1 Å². The van der Waals surface area contributed by atoms with Crippen LogP contribution in [0.25, 0.3) is 10.9 Å². The van der Waals surface area contributed by atoms with E-state index < -0.39 is 17.3 Å². The maximum absolute atomic E-state index is 13.6. The Balaban J connectivity index is 1.76. The van der Waals surface area contributed by atoms with E-state index in [1.807, 2.05) is 6.07 Å². The van der Waals surface area contributed by atoms with Crippen LogP contribution in [-0.2, 0) is 0 Å². The van der Waals surface area contributed by atoms with Gasteiger partial charge >= 0.3 is 6.01 Å². The predicted molar refractivity (Wildman–Crippen MR) is 115 cm³/mol. The molecule has 1 saturated heterocycles. The van der Waals surface area contributed by atoms with Crippen molar-refractivity contribution >= 4 is 28.2 Å². The highest BCUT2D eigenvalue weighted by molar-refractivity contribution is 6.13. The lowest BCUT2D eigenvalue weighted by atomic mass is 10.0. The highest BCUT2D eigenvalue weighted by Gasteiger charge is 2.24. The quantitative estimate of drug-likeness (QED) is 0.584. The van der Waals surface area contributed by atoms with Crippen molar-refractivity contribution in [1.82, 2.24) is 20.3 Å². The Bertz CT molecular complexity index is 1190. The number of amides is 1. The molecule has 2 unspecified atom stereocenters. The van der Waals surface area contributed by atoms with Crippen molar-refractivity contribution in [2.24, 2.45) is 0 Å². The number of benzene rings is 1. The summed E-state index contributed by atoms with van der Waals surface area (Å²) in [6, 6.07) is 5.25. The number of hydrogen-bond donors (Lipinski definition) is 3. The fraction of sp³-hybridized carbons (Fsp3) is 0.333. The molecule has 31 heavy (non-hydrogen) atoms. The van der Waals surface area contributed by atoms with Gasteiger partial charge in [0.1, 0.15) is 0 Å². The molecular formula is C21H23FN6O3. The van der Waals surface area contributed by atoms with Gasteiger partial charge in [0.15, 0.2) is 5.82 Å². The SMILES string of the molecule is COc1ncc2c(N3CC(C)NC(C)C3)ccc(C(=O)Nc3c[nH]c(=O)c(F)c3)c2n1. The molecule has 3 N–H and O–H groups in total. The van der Waals surface area contributed by atoms with Gasteiger partial charge in [0.25, 0.3) is 11.5 Å². The lowest BCUT2D eigenvalue weighted by Crippen LogP contribution is -2.54. The van der Waals surface area contributed by atoms with Gasteiger partial charge in [-0.3, -0.25) is 9.59 Å². The van der Waals surface area contributed by atoms with Crippen molar-refractivity contribution in [2.45, 2.75) is 25.9 Å². The summed E-state index contributed by atoms with van der Waals surface area (Å²) < 4.78 is 18.7. The van der Waals surface area contributed by atoms with Gasteiger partial charge in [0.05, 0.1) is 23.9 Å². The monoisotopic (exact) mass is 426 g/mol. The van der Waals surface area contributed by atoms with Crippen molar-refractivity contribution in [3.8, 4) is 6.01 Å². The zero-order valence-corrected chi connectivity index (χ0v) is 17.4. The van der Waals surface area contributed by atoms with Crippen LogP contribution < -0.4 is 25.8 Å². The molecule has 3 aromatic rings. The molecule has 1 aliphatic heterocycles. The fourth-order valence-electron chi connectivity index (χ4n) is 3.90. The predicted octanol–water partition coefficient (Wildman–Crippen LogP) is 1.90. The second-order valence-electron chi connectivity index (χ2n) is 7.64. The lowest BCUT2D eigenvalue weighted by molar-refractivity contribution is 0.102. The standard InChI is InChI=1S/C21H23FN6O3/c1-11-9-28(10-12(2)25-11)17-5-4-14(18-15(17)8-24-21(27-18)31-3)19(29)26-13-6-16(22)20(30)23-7-13/h4-8,11-12,25H,9-10H2,1-3H3,(H,23,30)(H,26,29). The van der Waals surface area contributed by atoms with Gasteiger partial charge in [-0.05, 0) is 26.0 Å². The Morgan fingerprint density at radius 2 is 2.03 bits per heavy atom. The Hall–Kier alpha value is -3.53. The molecule has 1 fully saturated rings. The van der Waals surface area contributed by atoms with Gasteiger partial charge < -0.3 is 25.3 Å². The first kappa shape index (κ1) is 20.7. The van der Waals surface area contributed by atoms with E-state index in [2.05, 4.69) is 44.3 Å². The summed E-state index contributed by atoms with van der Waals surface area (Å²) in [7, 11) is 1.45. The molecule has 1 aromatic carbocycles. The Morgan fingerprint density at radius 1 is 1.29 bits per heavy atom. The van der Waals surface area contributed by atoms with Crippen molar-refractivity contribution < 1.29 is 13.9 Å². The topological polar surface area (TPSA) is 112 Å². The van der Waals surface area contributed by atoms with Crippen LogP contribution in [0.4, 0.5) is 15.8 Å². The van der Waals surface area contributed by atoms with E-state index in [9.17, 15) is 14.0 Å². The molecule has 162 valence electrons. The number of anilines is 2. The Labute approximate surface area is 177 Å². The number of piperazine rings is 1. The molecule has 1 amide bonds. The minimum atomic E-state index is -0.982. The number of methoxy groups -OCH3 is 1. The van der Waals surface area contributed by atoms with Crippen LogP contribution in [0.5, 0.6) is 6.01 Å². The van der Waals surface area contributed by atoms with Crippen LogP contribution in [0, 0.1) is 5.82 Å². The molecular weight excluding hydrogens is 403 g/mol. The van der Waals surface area contributed by atoms with Gasteiger partial charge in [0, 0.05) is 54.7 Å². The number of nitrogens with one attached hydrogen (secondary N) is 3. The summed E-state index contributed by atoms with van der Waals surface area (Å²) in [6.45, 7) is 5.84. The normalized spacial score (nSPS) is 18.8. The first-order chi connectivity index (χ1) is 14.9. The first-order valence-electron chi connectivity index (χ1n) is 9.90. The maximum Gasteiger partial charge on any atom is 0.316 e. The van der Waals surface area contributed by atoms with Crippen LogP contribution in [0.15, 0.2) is 35.4 Å². The van der Waals surface area contributed by atoms with E-state index in [1.165, 1.54) is 13.3 Å². The smallest absolute Gasteiger partial charge is 0.316 e. The number of halogens is 1. The molecule has 3 heterocycles. The van der Waals surface area contributed by atoms with E-state index >= 15 is 0 Å². The van der Waals surface area contributed by atoms with Crippen molar-refractivity contribution in [3.05, 3.63) is 52.3 Å². The molecule has 0 saturated carbocycles. The van der Waals surface area contributed by atoms with Crippen LogP contribution in [0.3, 0.4) is 0 Å². The number of H-pyrrole nitrogens is 1. The largest absolute Gasteiger partial charge is 0.467 e. The summed E-state index contributed by atoms with van der Waals surface area (Å²) in [4.78, 5) is 37.3. The number of ether oxygens (including phenoxy) is 1. The third kappa shape index (κ3) is 4.19. The second kappa shape index (κ2) is 8.31. The zero-order chi connectivity index (χ0) is 22.1. The van der Waals surface area contributed by atoms with E-state index in [1.54, 1.807) is 12.3 Å². The highest BCUT2D eigenvalue weighted by atomic mass is 19.1. The molecule has 0 bridgehead atoms. The minimum Gasteiger partial charge on any atom is -0.467 e. The molecule has 1 aliphatic rings. The van der Waals surface area contributed by atoms with E-state index in [0.717, 1.165) is 24.8 Å². The number of hydrogen-bond acceptors (Lipinski definition) is 7. The maximum atomic E-state index is 13.6. The molecule has 9 nitrogen and oxygen atoms in total. The van der Waals surface area contributed by atoms with E-state index in [0.29, 0.717) is 23.0 Å². The number of carbonyl (C=O) groups excluding carboxylic acids is 1. The molecule has 10 heteroatoms. The number of fused-ring (bicyclic) bond motifs is 1. The van der Waals surface area contributed by atoms with Gasteiger partial charge in [-0.15, -0.1) is 0 Å². The Morgan fingerprint density at radius 3 is 2.71 bits per heavy atom. The number of aromatic nitrogens is 3.